The Morgan fingerprint density at radius 2 is 1.90 bits per heavy atom. The highest BCUT2D eigenvalue weighted by molar-refractivity contribution is 6.32. The van der Waals surface area contributed by atoms with Crippen LogP contribution in [0.3, 0.4) is 0 Å². The summed E-state index contributed by atoms with van der Waals surface area (Å²) in [6.07, 6.45) is -4.13. The lowest BCUT2D eigenvalue weighted by Crippen LogP contribution is -2.49. The highest BCUT2D eigenvalue weighted by atomic mass is 35.5. The summed E-state index contributed by atoms with van der Waals surface area (Å²) >= 11 is 11.8. The lowest BCUT2D eigenvalue weighted by molar-refractivity contribution is -0.141. The first-order valence-electron chi connectivity index (χ1n) is 9.02. The highest BCUT2D eigenvalue weighted by Gasteiger charge is 2.43. The second-order valence-corrected chi connectivity index (χ2v) is 7.91. The van der Waals surface area contributed by atoms with E-state index in [1.54, 1.807) is 0 Å². The van der Waals surface area contributed by atoms with Crippen LogP contribution in [0, 0.1) is 0 Å². The van der Waals surface area contributed by atoms with E-state index in [-0.39, 0.29) is 36.9 Å². The summed E-state index contributed by atoms with van der Waals surface area (Å²) in [5.74, 6) is -0.858. The number of hydrogen-bond donors (Lipinski definition) is 2. The van der Waals surface area contributed by atoms with Crippen LogP contribution in [0.5, 0.6) is 0 Å². The number of carbonyl (C=O) groups excluding carboxylic acids is 1. The molecule has 1 saturated carbocycles. The van der Waals surface area contributed by atoms with Gasteiger partial charge in [0.05, 0.1) is 16.9 Å². The van der Waals surface area contributed by atoms with Gasteiger partial charge in [-0.25, -0.2) is 9.37 Å². The zero-order valence-corrected chi connectivity index (χ0v) is 16.9. The number of nitrogens with zero attached hydrogens (tertiary/aromatic N) is 2. The van der Waals surface area contributed by atoms with E-state index in [1.807, 2.05) is 0 Å². The number of amides is 1. The first-order chi connectivity index (χ1) is 14.0. The van der Waals surface area contributed by atoms with Gasteiger partial charge < -0.3 is 10.4 Å². The van der Waals surface area contributed by atoms with E-state index in [0.717, 1.165) is 6.07 Å². The predicted octanol–water partition coefficient (Wildman–Crippen LogP) is 4.92. The molecule has 3 rings (SSSR count). The van der Waals surface area contributed by atoms with Crippen molar-refractivity contribution in [1.82, 2.24) is 15.3 Å². The molecule has 0 aliphatic heterocycles. The number of aromatic nitrogens is 2. The van der Waals surface area contributed by atoms with Crippen molar-refractivity contribution in [1.29, 1.82) is 0 Å². The Labute approximate surface area is 179 Å². The van der Waals surface area contributed by atoms with Crippen LogP contribution in [0.2, 0.25) is 10.2 Å². The monoisotopic (exact) mass is 465 g/mol. The number of rotatable bonds is 4. The Bertz CT molecular complexity index is 934. The van der Waals surface area contributed by atoms with Crippen LogP contribution >= 0.6 is 23.2 Å². The molecule has 2 aromatic heterocycles. The van der Waals surface area contributed by atoms with Gasteiger partial charge in [-0.15, -0.1) is 0 Å². The Morgan fingerprint density at radius 3 is 2.47 bits per heavy atom. The van der Waals surface area contributed by atoms with Gasteiger partial charge in [0.2, 0.25) is 0 Å². The third kappa shape index (κ3) is 5.01. The van der Waals surface area contributed by atoms with Gasteiger partial charge in [-0.2, -0.15) is 13.2 Å². The predicted molar refractivity (Wildman–Crippen MR) is 102 cm³/mol. The molecule has 1 amide bonds. The van der Waals surface area contributed by atoms with Gasteiger partial charge in [0.1, 0.15) is 23.1 Å². The summed E-state index contributed by atoms with van der Waals surface area (Å²) in [7, 11) is 0. The van der Waals surface area contributed by atoms with Gasteiger partial charge in [-0.1, -0.05) is 23.2 Å². The van der Waals surface area contributed by atoms with Crippen LogP contribution < -0.4 is 5.32 Å². The number of carbonyl (C=O) groups is 1. The molecule has 2 N–H and O–H groups in total. The van der Waals surface area contributed by atoms with Crippen LogP contribution in [0.4, 0.5) is 17.6 Å². The fourth-order valence-electron chi connectivity index (χ4n) is 3.40. The van der Waals surface area contributed by atoms with Gasteiger partial charge in [0.15, 0.2) is 0 Å². The van der Waals surface area contributed by atoms with Crippen LogP contribution in [-0.2, 0) is 6.18 Å². The molecular formula is C19H17Cl2F4N3O2. The minimum Gasteiger partial charge on any atom is -0.387 e. The maximum atomic E-state index is 13.6. The van der Waals surface area contributed by atoms with Crippen LogP contribution in [-0.4, -0.2) is 32.8 Å². The van der Waals surface area contributed by atoms with E-state index in [2.05, 4.69) is 15.3 Å². The maximum absolute atomic E-state index is 13.6. The summed E-state index contributed by atoms with van der Waals surface area (Å²) in [4.78, 5) is 20.2. The smallest absolute Gasteiger partial charge is 0.387 e. The van der Waals surface area contributed by atoms with Crippen LogP contribution in [0.15, 0.2) is 30.5 Å². The van der Waals surface area contributed by atoms with E-state index in [0.29, 0.717) is 11.1 Å². The molecule has 0 aromatic carbocycles. The average molecular weight is 466 g/mol. The Morgan fingerprint density at radius 1 is 1.23 bits per heavy atom. The molecule has 1 unspecified atom stereocenters. The van der Waals surface area contributed by atoms with Gasteiger partial charge in [0, 0.05) is 11.2 Å². The first kappa shape index (κ1) is 22.7. The zero-order chi connectivity index (χ0) is 22.1. The summed E-state index contributed by atoms with van der Waals surface area (Å²) in [6, 6.07) is 3.39. The number of pyridine rings is 2. The van der Waals surface area contributed by atoms with Crippen molar-refractivity contribution < 1.29 is 27.5 Å². The van der Waals surface area contributed by atoms with Gasteiger partial charge >= 0.3 is 6.18 Å². The molecule has 1 aliphatic rings. The minimum atomic E-state index is -4.72. The van der Waals surface area contributed by atoms with Crippen molar-refractivity contribution in [2.75, 3.05) is 0 Å². The van der Waals surface area contributed by atoms with E-state index < -0.39 is 40.7 Å². The Kier molecular flexibility index (Phi) is 6.54. The molecule has 2 heterocycles. The number of nitrogens with one attached hydrogen (secondary N) is 1. The SMILES string of the molecule is O=C(NC(c1cc(Cl)ccn1)C1(O)CCC(F)CC1)c1ccc(C(F)(F)F)nc1Cl. The fourth-order valence-corrected chi connectivity index (χ4v) is 3.81. The largest absolute Gasteiger partial charge is 0.433 e. The fraction of sp³-hybridized carbons (Fsp3) is 0.421. The number of alkyl halides is 4. The molecule has 2 aromatic rings. The standard InChI is InChI=1S/C19H17Cl2F4N3O2/c20-10-5-8-26-13(9-10)15(18(30)6-3-11(22)4-7-18)28-17(29)12-1-2-14(19(23,24)25)27-16(12)21/h1-2,5,8-9,11,15,30H,3-4,6-7H2,(H,28,29). The molecular weight excluding hydrogens is 449 g/mol. The second kappa shape index (κ2) is 8.64. The van der Waals surface area contributed by atoms with Crippen molar-refractivity contribution in [2.45, 2.75) is 49.7 Å². The molecule has 1 atom stereocenters. The highest BCUT2D eigenvalue weighted by Crippen LogP contribution is 2.39. The maximum Gasteiger partial charge on any atom is 0.433 e. The quantitative estimate of drug-likeness (QED) is 0.496. The van der Waals surface area contributed by atoms with Crippen LogP contribution in [0.1, 0.15) is 53.5 Å². The molecule has 0 bridgehead atoms. The van der Waals surface area contributed by atoms with Crippen molar-refractivity contribution in [3.8, 4) is 0 Å². The average Bonchev–Trinajstić information content (AvgIpc) is 2.67. The third-order valence-electron chi connectivity index (χ3n) is 5.02. The molecule has 0 saturated heterocycles. The number of aliphatic hydroxyl groups is 1. The molecule has 30 heavy (non-hydrogen) atoms. The lowest BCUT2D eigenvalue weighted by atomic mass is 9.77. The Balaban J connectivity index is 1.92. The van der Waals surface area contributed by atoms with E-state index in [1.165, 1.54) is 18.3 Å². The molecule has 0 spiro atoms. The van der Waals surface area contributed by atoms with Crippen molar-refractivity contribution >= 4 is 29.1 Å². The first-order valence-corrected chi connectivity index (χ1v) is 9.78. The second-order valence-electron chi connectivity index (χ2n) is 7.12. The summed E-state index contributed by atoms with van der Waals surface area (Å²) < 4.78 is 52.0. The van der Waals surface area contributed by atoms with E-state index in [9.17, 15) is 27.5 Å². The molecule has 162 valence electrons. The van der Waals surface area contributed by atoms with Gasteiger partial charge in [-0.05, 0) is 49.9 Å². The van der Waals surface area contributed by atoms with Gasteiger partial charge in [-0.3, -0.25) is 9.78 Å². The summed E-state index contributed by atoms with van der Waals surface area (Å²) in [5, 5.41) is 13.4. The number of hydrogen-bond acceptors (Lipinski definition) is 4. The Hall–Kier alpha value is -1.97. The van der Waals surface area contributed by atoms with Crippen LogP contribution in [0.25, 0.3) is 0 Å². The minimum absolute atomic E-state index is 0.0479. The molecule has 1 fully saturated rings. The van der Waals surface area contributed by atoms with E-state index >= 15 is 0 Å². The lowest BCUT2D eigenvalue weighted by Gasteiger charge is -2.40. The summed E-state index contributed by atoms with van der Waals surface area (Å²) in [6.45, 7) is 0. The van der Waals surface area contributed by atoms with E-state index in [4.69, 9.17) is 23.2 Å². The molecule has 1 aliphatic carbocycles. The molecule has 11 heteroatoms. The van der Waals surface area contributed by atoms with Gasteiger partial charge in [0.25, 0.3) is 5.91 Å². The molecule has 5 nitrogen and oxygen atoms in total. The summed E-state index contributed by atoms with van der Waals surface area (Å²) in [5.41, 5.74) is -2.84. The third-order valence-corrected chi connectivity index (χ3v) is 5.54. The zero-order valence-electron chi connectivity index (χ0n) is 15.4. The molecule has 0 radical (unpaired) electrons. The normalized spacial score (nSPS) is 23.1. The topological polar surface area (TPSA) is 75.1 Å². The van der Waals surface area contributed by atoms with Crippen molar-refractivity contribution in [2.24, 2.45) is 0 Å². The van der Waals surface area contributed by atoms with Crippen molar-refractivity contribution in [3.63, 3.8) is 0 Å². The number of halogens is 6. The van der Waals surface area contributed by atoms with Crippen molar-refractivity contribution in [3.05, 3.63) is 57.6 Å².